The molecule has 0 N–H and O–H groups in total. The van der Waals surface area contributed by atoms with E-state index in [1.807, 2.05) is 29.5 Å². The van der Waals surface area contributed by atoms with Crippen LogP contribution in [0.2, 0.25) is 0 Å². The number of halogens is 1. The number of carbonyl (C=O) groups excluding carboxylic acids is 2. The molecular formula is C11H11IO3. The summed E-state index contributed by atoms with van der Waals surface area (Å²) in [6.45, 7) is 3.85. The maximum atomic E-state index is 11.2. The summed E-state index contributed by atoms with van der Waals surface area (Å²) in [5, 5.41) is 0. The second-order valence-corrected chi connectivity index (χ2v) is 4.02. The Kier molecular flexibility index (Phi) is 4.26. The van der Waals surface area contributed by atoms with E-state index in [9.17, 15) is 9.59 Å². The van der Waals surface area contributed by atoms with E-state index in [1.165, 1.54) is 6.92 Å². The molecule has 0 bridgehead atoms. The lowest BCUT2D eigenvalue weighted by Gasteiger charge is -2.09. The van der Waals surface area contributed by atoms with Crippen LogP contribution in [0.1, 0.15) is 34.6 Å². The van der Waals surface area contributed by atoms with Gasteiger partial charge in [-0.1, -0.05) is 0 Å². The van der Waals surface area contributed by atoms with E-state index in [4.69, 9.17) is 4.74 Å². The van der Waals surface area contributed by atoms with Gasteiger partial charge in [0, 0.05) is 11.1 Å². The van der Waals surface area contributed by atoms with Gasteiger partial charge in [-0.25, -0.2) is 0 Å². The molecule has 0 aliphatic heterocycles. The molecule has 4 heteroatoms. The van der Waals surface area contributed by atoms with E-state index >= 15 is 0 Å². The van der Waals surface area contributed by atoms with Gasteiger partial charge in [-0.15, -0.1) is 0 Å². The van der Waals surface area contributed by atoms with Crippen LogP contribution < -0.4 is 4.74 Å². The first kappa shape index (κ1) is 12.2. The lowest BCUT2D eigenvalue weighted by Crippen LogP contribution is -2.04. The first-order valence-electron chi connectivity index (χ1n) is 4.53. The summed E-state index contributed by atoms with van der Waals surface area (Å²) in [6, 6.07) is 3.34. The molecule has 0 aliphatic carbocycles. The zero-order valence-electron chi connectivity index (χ0n) is 8.54. The van der Waals surface area contributed by atoms with Crippen LogP contribution in [0.3, 0.4) is 0 Å². The predicted molar refractivity (Wildman–Crippen MR) is 65.7 cm³/mol. The minimum absolute atomic E-state index is 0.113. The fourth-order valence-electron chi connectivity index (χ4n) is 1.26. The van der Waals surface area contributed by atoms with Gasteiger partial charge in [0.2, 0.25) is 0 Å². The molecule has 80 valence electrons. The molecule has 0 radical (unpaired) electrons. The van der Waals surface area contributed by atoms with Gasteiger partial charge < -0.3 is 4.74 Å². The van der Waals surface area contributed by atoms with Gasteiger partial charge in [-0.05, 0) is 48.6 Å². The van der Waals surface area contributed by atoms with Gasteiger partial charge in [0.1, 0.15) is 5.75 Å². The fraction of sp³-hybridized carbons (Fsp3) is 0.273. The molecule has 0 amide bonds. The van der Waals surface area contributed by atoms with Crippen LogP contribution in [-0.2, 0) is 0 Å². The first-order valence-corrected chi connectivity index (χ1v) is 5.61. The normalized spacial score (nSPS) is 9.80. The Labute approximate surface area is 102 Å². The number of carbonyl (C=O) groups is 2. The minimum Gasteiger partial charge on any atom is -0.493 e. The minimum atomic E-state index is -0.113. The molecule has 0 aliphatic rings. The van der Waals surface area contributed by atoms with Crippen LogP contribution in [0.15, 0.2) is 12.1 Å². The topological polar surface area (TPSA) is 43.4 Å². The van der Waals surface area contributed by atoms with Crippen molar-refractivity contribution in [1.29, 1.82) is 0 Å². The Balaban J connectivity index is 3.32. The summed E-state index contributed by atoms with van der Waals surface area (Å²) in [7, 11) is 0. The molecule has 15 heavy (non-hydrogen) atoms. The van der Waals surface area contributed by atoms with Crippen LogP contribution in [0.4, 0.5) is 0 Å². The molecule has 3 nitrogen and oxygen atoms in total. The number of aldehydes is 1. The number of hydrogen-bond acceptors (Lipinski definition) is 3. The number of ketones is 1. The molecule has 0 atom stereocenters. The number of ether oxygens (including phenoxy) is 1. The Bertz CT molecular complexity index is 399. The van der Waals surface area contributed by atoms with Crippen LogP contribution in [-0.4, -0.2) is 18.7 Å². The van der Waals surface area contributed by atoms with Gasteiger partial charge in [0.15, 0.2) is 12.1 Å². The van der Waals surface area contributed by atoms with E-state index in [0.29, 0.717) is 33.3 Å². The quantitative estimate of drug-likeness (QED) is 0.487. The average Bonchev–Trinajstić information content (AvgIpc) is 2.20. The number of rotatable bonds is 4. The third kappa shape index (κ3) is 2.56. The molecule has 0 saturated heterocycles. The SMILES string of the molecule is CCOc1ccc(C(C)=O)c(C=O)c1I. The van der Waals surface area contributed by atoms with Crippen molar-refractivity contribution in [2.24, 2.45) is 0 Å². The zero-order chi connectivity index (χ0) is 11.4. The van der Waals surface area contributed by atoms with Crippen molar-refractivity contribution in [2.75, 3.05) is 6.61 Å². The molecule has 1 aromatic rings. The Morgan fingerprint density at radius 1 is 1.53 bits per heavy atom. The van der Waals surface area contributed by atoms with Crippen molar-refractivity contribution in [2.45, 2.75) is 13.8 Å². The molecule has 1 rings (SSSR count). The van der Waals surface area contributed by atoms with Crippen molar-refractivity contribution >= 4 is 34.7 Å². The van der Waals surface area contributed by atoms with E-state index in [-0.39, 0.29) is 5.78 Å². The van der Waals surface area contributed by atoms with Gasteiger partial charge >= 0.3 is 0 Å². The Morgan fingerprint density at radius 2 is 2.20 bits per heavy atom. The number of benzene rings is 1. The molecule has 1 aromatic carbocycles. The van der Waals surface area contributed by atoms with Gasteiger partial charge in [-0.2, -0.15) is 0 Å². The number of hydrogen-bond donors (Lipinski definition) is 0. The number of Topliss-reactive ketones (excluding diaryl/α,β-unsaturated/α-hetero) is 1. The monoisotopic (exact) mass is 318 g/mol. The standard InChI is InChI=1S/C11H11IO3/c1-3-15-10-5-4-8(7(2)14)9(6-13)11(10)12/h4-6H,3H2,1-2H3. The predicted octanol–water partition coefficient (Wildman–Crippen LogP) is 2.71. The molecule has 0 saturated carbocycles. The van der Waals surface area contributed by atoms with Crippen molar-refractivity contribution in [3.05, 3.63) is 26.8 Å². The second-order valence-electron chi connectivity index (χ2n) is 2.95. The lowest BCUT2D eigenvalue weighted by molar-refractivity contribution is 0.100. The Morgan fingerprint density at radius 3 is 2.67 bits per heavy atom. The van der Waals surface area contributed by atoms with E-state index in [1.54, 1.807) is 12.1 Å². The van der Waals surface area contributed by atoms with Crippen LogP contribution in [0, 0.1) is 3.57 Å². The summed E-state index contributed by atoms with van der Waals surface area (Å²) in [6.07, 6.45) is 0.695. The van der Waals surface area contributed by atoms with E-state index in [0.717, 1.165) is 0 Å². The molecular weight excluding hydrogens is 307 g/mol. The molecule has 0 unspecified atom stereocenters. The lowest BCUT2D eigenvalue weighted by atomic mass is 10.1. The highest BCUT2D eigenvalue weighted by Crippen LogP contribution is 2.26. The average molecular weight is 318 g/mol. The first-order chi connectivity index (χ1) is 7.11. The summed E-state index contributed by atoms with van der Waals surface area (Å²) in [5.74, 6) is 0.531. The van der Waals surface area contributed by atoms with E-state index < -0.39 is 0 Å². The summed E-state index contributed by atoms with van der Waals surface area (Å²) in [5.41, 5.74) is 0.854. The van der Waals surface area contributed by atoms with Gasteiger partial charge in [0.05, 0.1) is 10.2 Å². The van der Waals surface area contributed by atoms with Crippen LogP contribution in [0.5, 0.6) is 5.75 Å². The molecule has 0 spiro atoms. The highest BCUT2D eigenvalue weighted by Gasteiger charge is 2.13. The van der Waals surface area contributed by atoms with Crippen molar-refractivity contribution in [3.63, 3.8) is 0 Å². The summed E-state index contributed by atoms with van der Waals surface area (Å²) >= 11 is 2.01. The molecule has 0 aromatic heterocycles. The van der Waals surface area contributed by atoms with Gasteiger partial charge in [0.25, 0.3) is 0 Å². The second kappa shape index (κ2) is 5.25. The molecule has 0 heterocycles. The highest BCUT2D eigenvalue weighted by molar-refractivity contribution is 14.1. The van der Waals surface area contributed by atoms with Crippen LogP contribution >= 0.6 is 22.6 Å². The van der Waals surface area contributed by atoms with E-state index in [2.05, 4.69) is 0 Å². The highest BCUT2D eigenvalue weighted by atomic mass is 127. The Hall–Kier alpha value is -0.910. The summed E-state index contributed by atoms with van der Waals surface area (Å²) < 4.78 is 6.03. The van der Waals surface area contributed by atoms with Crippen LogP contribution in [0.25, 0.3) is 0 Å². The third-order valence-electron chi connectivity index (χ3n) is 1.94. The van der Waals surface area contributed by atoms with Gasteiger partial charge in [-0.3, -0.25) is 9.59 Å². The van der Waals surface area contributed by atoms with Crippen molar-refractivity contribution < 1.29 is 14.3 Å². The maximum Gasteiger partial charge on any atom is 0.160 e. The van der Waals surface area contributed by atoms with Crippen molar-refractivity contribution in [1.82, 2.24) is 0 Å². The fourth-order valence-corrected chi connectivity index (χ4v) is 2.02. The largest absolute Gasteiger partial charge is 0.493 e. The molecule has 0 fully saturated rings. The smallest absolute Gasteiger partial charge is 0.160 e. The third-order valence-corrected chi connectivity index (χ3v) is 3.05. The summed E-state index contributed by atoms with van der Waals surface area (Å²) in [4.78, 5) is 22.1. The zero-order valence-corrected chi connectivity index (χ0v) is 10.7. The van der Waals surface area contributed by atoms with Crippen molar-refractivity contribution in [3.8, 4) is 5.75 Å². The maximum absolute atomic E-state index is 11.2.